The molecule has 1 aromatic rings. The number of rotatable bonds is 6. The highest BCUT2D eigenvalue weighted by atomic mass is 32.2. The van der Waals surface area contributed by atoms with Gasteiger partial charge in [-0.05, 0) is 24.1 Å². The van der Waals surface area contributed by atoms with Crippen molar-refractivity contribution >= 4 is 16.1 Å². The summed E-state index contributed by atoms with van der Waals surface area (Å²) in [6, 6.07) is 7.23. The largest absolute Gasteiger partial charge is 0.379 e. The molecule has 26 heavy (non-hydrogen) atoms. The number of morpholine rings is 1. The van der Waals surface area contributed by atoms with Crippen LogP contribution >= 0.6 is 0 Å². The summed E-state index contributed by atoms with van der Waals surface area (Å²) < 4.78 is 32.0. The van der Waals surface area contributed by atoms with Gasteiger partial charge < -0.3 is 20.7 Å². The van der Waals surface area contributed by atoms with E-state index in [1.807, 2.05) is 18.2 Å². The molecule has 8 nitrogen and oxygen atoms in total. The average molecular weight is 382 g/mol. The van der Waals surface area contributed by atoms with Crippen LogP contribution in [0.1, 0.15) is 17.5 Å². The first-order valence-electron chi connectivity index (χ1n) is 8.92. The number of hydrogen-bond donors (Lipinski definition) is 3. The van der Waals surface area contributed by atoms with Gasteiger partial charge in [0.1, 0.15) is 0 Å². The van der Waals surface area contributed by atoms with Gasteiger partial charge in [0.2, 0.25) is 10.0 Å². The van der Waals surface area contributed by atoms with Crippen LogP contribution in [0.2, 0.25) is 0 Å². The number of hydrogen-bond acceptors (Lipinski definition) is 5. The Morgan fingerprint density at radius 1 is 1.23 bits per heavy atom. The summed E-state index contributed by atoms with van der Waals surface area (Å²) >= 11 is 0. The SMILES string of the molecule is O=C(NCc1ccccc1CS(=O)(=O)N1CCOCC1)N[C@H]1CCNC1. The van der Waals surface area contributed by atoms with Crippen molar-refractivity contribution < 1.29 is 17.9 Å². The van der Waals surface area contributed by atoms with Crippen molar-refractivity contribution in [3.63, 3.8) is 0 Å². The van der Waals surface area contributed by atoms with Crippen LogP contribution in [0.3, 0.4) is 0 Å². The first kappa shape index (κ1) is 19.1. The third kappa shape index (κ3) is 5.16. The van der Waals surface area contributed by atoms with Gasteiger partial charge in [0, 0.05) is 32.2 Å². The third-order valence-corrected chi connectivity index (χ3v) is 6.48. The lowest BCUT2D eigenvalue weighted by Crippen LogP contribution is -2.43. The second-order valence-electron chi connectivity index (χ2n) is 6.55. The standard InChI is InChI=1S/C17H26N4O4S/c22-17(20-16-5-6-18-12-16)19-11-14-3-1-2-4-15(14)13-26(23,24)21-7-9-25-10-8-21/h1-4,16,18H,5-13H2,(H2,19,20,22)/t16-/m0/s1. The van der Waals surface area contributed by atoms with E-state index >= 15 is 0 Å². The van der Waals surface area contributed by atoms with Crippen molar-refractivity contribution in [2.45, 2.75) is 24.8 Å². The minimum absolute atomic E-state index is 0.0704. The first-order chi connectivity index (χ1) is 12.5. The Morgan fingerprint density at radius 2 is 1.96 bits per heavy atom. The zero-order valence-electron chi connectivity index (χ0n) is 14.7. The zero-order valence-corrected chi connectivity index (χ0v) is 15.6. The fourth-order valence-electron chi connectivity index (χ4n) is 3.17. The van der Waals surface area contributed by atoms with E-state index in [2.05, 4.69) is 16.0 Å². The van der Waals surface area contributed by atoms with E-state index in [0.717, 1.165) is 25.1 Å². The zero-order chi connectivity index (χ0) is 18.4. The maximum absolute atomic E-state index is 12.6. The smallest absolute Gasteiger partial charge is 0.315 e. The van der Waals surface area contributed by atoms with Gasteiger partial charge in [-0.15, -0.1) is 0 Å². The van der Waals surface area contributed by atoms with Gasteiger partial charge in [0.05, 0.1) is 19.0 Å². The van der Waals surface area contributed by atoms with Gasteiger partial charge >= 0.3 is 6.03 Å². The third-order valence-electron chi connectivity index (χ3n) is 4.65. The maximum Gasteiger partial charge on any atom is 0.315 e. The lowest BCUT2D eigenvalue weighted by molar-refractivity contribution is 0.0729. The van der Waals surface area contributed by atoms with Gasteiger partial charge in [-0.25, -0.2) is 13.2 Å². The molecular formula is C17H26N4O4S. The van der Waals surface area contributed by atoms with E-state index in [4.69, 9.17) is 4.74 Å². The summed E-state index contributed by atoms with van der Waals surface area (Å²) in [5.74, 6) is -0.0704. The van der Waals surface area contributed by atoms with Crippen LogP contribution in [0.5, 0.6) is 0 Å². The van der Waals surface area contributed by atoms with Gasteiger partial charge in [-0.2, -0.15) is 4.31 Å². The van der Waals surface area contributed by atoms with Gasteiger partial charge in [-0.3, -0.25) is 0 Å². The molecule has 3 N–H and O–H groups in total. The monoisotopic (exact) mass is 382 g/mol. The number of nitrogens with zero attached hydrogens (tertiary/aromatic N) is 1. The van der Waals surface area contributed by atoms with Crippen LogP contribution < -0.4 is 16.0 Å². The van der Waals surface area contributed by atoms with Crippen LogP contribution in [0.25, 0.3) is 0 Å². The van der Waals surface area contributed by atoms with Crippen LogP contribution in [0, 0.1) is 0 Å². The summed E-state index contributed by atoms with van der Waals surface area (Å²) in [7, 11) is -3.40. The van der Waals surface area contributed by atoms with E-state index in [1.165, 1.54) is 4.31 Å². The van der Waals surface area contributed by atoms with Crippen LogP contribution in [0.4, 0.5) is 4.79 Å². The van der Waals surface area contributed by atoms with Gasteiger partial charge in [-0.1, -0.05) is 24.3 Å². The van der Waals surface area contributed by atoms with E-state index in [0.29, 0.717) is 38.4 Å². The van der Waals surface area contributed by atoms with Crippen molar-refractivity contribution in [2.75, 3.05) is 39.4 Å². The number of nitrogens with one attached hydrogen (secondary N) is 3. The second kappa shape index (κ2) is 8.81. The number of carbonyl (C=O) groups excluding carboxylic acids is 1. The molecule has 0 radical (unpaired) electrons. The minimum atomic E-state index is -3.40. The molecule has 2 heterocycles. The summed E-state index contributed by atoms with van der Waals surface area (Å²) in [6.07, 6.45) is 0.918. The summed E-state index contributed by atoms with van der Waals surface area (Å²) in [6.45, 7) is 3.62. The molecule has 2 fully saturated rings. The molecule has 9 heteroatoms. The Labute approximate surface area is 154 Å². The summed E-state index contributed by atoms with van der Waals surface area (Å²) in [5.41, 5.74) is 1.52. The molecule has 1 aromatic carbocycles. The van der Waals surface area contributed by atoms with Gasteiger partial charge in [0.15, 0.2) is 0 Å². The van der Waals surface area contributed by atoms with E-state index in [-0.39, 0.29) is 17.8 Å². The van der Waals surface area contributed by atoms with Crippen LogP contribution in [-0.4, -0.2) is 64.2 Å². The highest BCUT2D eigenvalue weighted by Gasteiger charge is 2.25. The summed E-state index contributed by atoms with van der Waals surface area (Å²) in [5, 5.41) is 8.94. The molecule has 2 aliphatic rings. The number of benzene rings is 1. The number of ether oxygens (including phenoxy) is 1. The lowest BCUT2D eigenvalue weighted by atomic mass is 10.1. The molecule has 0 aromatic heterocycles. The molecule has 144 valence electrons. The predicted octanol–water partition coefficient (Wildman–Crippen LogP) is 0.00970. The molecule has 0 bridgehead atoms. The van der Waals surface area contributed by atoms with E-state index in [9.17, 15) is 13.2 Å². The average Bonchev–Trinajstić information content (AvgIpc) is 3.14. The fourth-order valence-corrected chi connectivity index (χ4v) is 4.74. The Bertz CT molecular complexity index is 713. The van der Waals surface area contributed by atoms with E-state index < -0.39 is 10.0 Å². The van der Waals surface area contributed by atoms with Gasteiger partial charge in [0.25, 0.3) is 0 Å². The molecule has 0 unspecified atom stereocenters. The number of urea groups is 1. The topological polar surface area (TPSA) is 99.8 Å². The number of carbonyl (C=O) groups is 1. The number of sulfonamides is 1. The lowest BCUT2D eigenvalue weighted by Gasteiger charge is -2.26. The van der Waals surface area contributed by atoms with Crippen molar-refractivity contribution in [3.8, 4) is 0 Å². The highest BCUT2D eigenvalue weighted by molar-refractivity contribution is 7.88. The molecule has 2 saturated heterocycles. The molecule has 0 aliphatic carbocycles. The first-order valence-corrected chi connectivity index (χ1v) is 10.5. The Hall–Kier alpha value is -1.68. The quantitative estimate of drug-likeness (QED) is 0.644. The molecule has 0 spiro atoms. The van der Waals surface area contributed by atoms with Crippen molar-refractivity contribution in [3.05, 3.63) is 35.4 Å². The Kier molecular flexibility index (Phi) is 6.47. The van der Waals surface area contributed by atoms with Crippen molar-refractivity contribution in [1.29, 1.82) is 0 Å². The van der Waals surface area contributed by atoms with Crippen molar-refractivity contribution in [2.24, 2.45) is 0 Å². The molecule has 2 aliphatic heterocycles. The summed E-state index contributed by atoms with van der Waals surface area (Å²) in [4.78, 5) is 12.0. The van der Waals surface area contributed by atoms with Crippen LogP contribution in [-0.2, 0) is 27.1 Å². The molecule has 3 rings (SSSR count). The maximum atomic E-state index is 12.6. The molecule has 1 atom stereocenters. The van der Waals surface area contributed by atoms with E-state index in [1.54, 1.807) is 6.07 Å². The minimum Gasteiger partial charge on any atom is -0.379 e. The van der Waals surface area contributed by atoms with Crippen LogP contribution in [0.15, 0.2) is 24.3 Å². The molecule has 0 saturated carbocycles. The number of amides is 2. The highest BCUT2D eigenvalue weighted by Crippen LogP contribution is 2.16. The Balaban J connectivity index is 1.59. The second-order valence-corrected chi connectivity index (χ2v) is 8.52. The van der Waals surface area contributed by atoms with Crippen molar-refractivity contribution in [1.82, 2.24) is 20.3 Å². The fraction of sp³-hybridized carbons (Fsp3) is 0.588. The Morgan fingerprint density at radius 3 is 2.65 bits per heavy atom. The molecule has 2 amide bonds. The normalized spacial score (nSPS) is 21.5. The predicted molar refractivity (Wildman–Crippen MR) is 98.1 cm³/mol. The molecular weight excluding hydrogens is 356 g/mol.